The van der Waals surface area contributed by atoms with Crippen molar-refractivity contribution in [1.82, 2.24) is 5.32 Å². The van der Waals surface area contributed by atoms with Crippen LogP contribution in [0.5, 0.6) is 0 Å². The molecular weight excluding hydrogens is 285 g/mol. The highest BCUT2D eigenvalue weighted by molar-refractivity contribution is 5.85. The third kappa shape index (κ3) is 3.85. The van der Waals surface area contributed by atoms with Crippen molar-refractivity contribution in [3.63, 3.8) is 0 Å². The lowest BCUT2D eigenvalue weighted by molar-refractivity contribution is -0.147. The number of benzene rings is 1. The summed E-state index contributed by atoms with van der Waals surface area (Å²) in [7, 11) is 0. The number of ether oxygens (including phenoxy) is 1. The van der Waals surface area contributed by atoms with E-state index in [1.807, 2.05) is 30.3 Å². The van der Waals surface area contributed by atoms with Crippen molar-refractivity contribution in [3.05, 3.63) is 35.9 Å². The molecule has 5 heteroatoms. The molecule has 3 nitrogen and oxygen atoms in total. The summed E-state index contributed by atoms with van der Waals surface area (Å²) in [6, 6.07) is 9.73. The molecule has 0 aromatic heterocycles. The van der Waals surface area contributed by atoms with E-state index < -0.39 is 0 Å². The maximum Gasteiger partial charge on any atom is 0.323 e. The van der Waals surface area contributed by atoms with Gasteiger partial charge in [0.25, 0.3) is 0 Å². The Labute approximate surface area is 125 Å². The largest absolute Gasteiger partial charge is 0.460 e. The second kappa shape index (κ2) is 6.60. The molecular formula is C14H19Cl2NO2. The fourth-order valence-electron chi connectivity index (χ4n) is 2.47. The number of esters is 1. The molecule has 106 valence electrons. The first-order valence-corrected chi connectivity index (χ1v) is 6.21. The monoisotopic (exact) mass is 303 g/mol. The SMILES string of the molecule is Cl.Cl.O=C(OCc1ccccc1)[C@@H]1CC2(CC2)CN1. The summed E-state index contributed by atoms with van der Waals surface area (Å²) in [4.78, 5) is 11.8. The minimum atomic E-state index is -0.0994. The Morgan fingerprint density at radius 3 is 2.53 bits per heavy atom. The molecule has 2 fully saturated rings. The maximum atomic E-state index is 11.8. The van der Waals surface area contributed by atoms with Crippen LogP contribution >= 0.6 is 24.8 Å². The van der Waals surface area contributed by atoms with Crippen LogP contribution in [0.3, 0.4) is 0 Å². The smallest absolute Gasteiger partial charge is 0.323 e. The second-order valence-corrected chi connectivity index (χ2v) is 5.23. The Balaban J connectivity index is 0.000000902. The number of hydrogen-bond acceptors (Lipinski definition) is 3. The van der Waals surface area contributed by atoms with E-state index in [-0.39, 0.29) is 36.8 Å². The first kappa shape index (κ1) is 16.3. The molecule has 0 radical (unpaired) electrons. The van der Waals surface area contributed by atoms with Crippen molar-refractivity contribution in [2.24, 2.45) is 5.41 Å². The number of rotatable bonds is 3. The molecule has 0 bridgehead atoms. The van der Waals surface area contributed by atoms with Gasteiger partial charge in [0.05, 0.1) is 0 Å². The number of hydrogen-bond donors (Lipinski definition) is 1. The highest BCUT2D eigenvalue weighted by Crippen LogP contribution is 2.51. The second-order valence-electron chi connectivity index (χ2n) is 5.23. The van der Waals surface area contributed by atoms with Gasteiger partial charge in [0.1, 0.15) is 12.6 Å². The lowest BCUT2D eigenvalue weighted by Crippen LogP contribution is -2.32. The van der Waals surface area contributed by atoms with Crippen LogP contribution in [0.25, 0.3) is 0 Å². The topological polar surface area (TPSA) is 38.3 Å². The van der Waals surface area contributed by atoms with E-state index in [1.165, 1.54) is 12.8 Å². The van der Waals surface area contributed by atoms with Gasteiger partial charge in [-0.2, -0.15) is 0 Å². The van der Waals surface area contributed by atoms with Gasteiger partial charge in [0.2, 0.25) is 0 Å². The molecule has 1 heterocycles. The summed E-state index contributed by atoms with van der Waals surface area (Å²) in [5, 5.41) is 3.27. The van der Waals surface area contributed by atoms with Gasteiger partial charge in [-0.05, 0) is 30.2 Å². The third-order valence-corrected chi connectivity index (χ3v) is 3.83. The third-order valence-electron chi connectivity index (χ3n) is 3.83. The normalized spacial score (nSPS) is 22.2. The number of nitrogens with one attached hydrogen (secondary N) is 1. The average molecular weight is 304 g/mol. The summed E-state index contributed by atoms with van der Waals surface area (Å²) < 4.78 is 5.33. The van der Waals surface area contributed by atoms with Crippen LogP contribution in [-0.4, -0.2) is 18.6 Å². The fourth-order valence-corrected chi connectivity index (χ4v) is 2.47. The molecule has 0 amide bonds. The van der Waals surface area contributed by atoms with Crippen LogP contribution in [0.2, 0.25) is 0 Å². The predicted molar refractivity (Wildman–Crippen MR) is 78.8 cm³/mol. The Kier molecular flexibility index (Phi) is 5.65. The standard InChI is InChI=1S/C14H17NO2.2ClH/c16-13(12-8-14(6-7-14)10-15-12)17-9-11-4-2-1-3-5-11;;/h1-5,12,15H,6-10H2;2*1H/t12-;;/m0../s1. The van der Waals surface area contributed by atoms with Gasteiger partial charge >= 0.3 is 5.97 Å². The van der Waals surface area contributed by atoms with E-state index >= 15 is 0 Å². The highest BCUT2D eigenvalue weighted by atomic mass is 35.5. The van der Waals surface area contributed by atoms with Gasteiger partial charge in [-0.1, -0.05) is 30.3 Å². The first-order chi connectivity index (χ1) is 8.27. The van der Waals surface area contributed by atoms with E-state index in [0.29, 0.717) is 12.0 Å². The minimum absolute atomic E-state index is 0. The maximum absolute atomic E-state index is 11.8. The molecule has 1 N–H and O–H groups in total. The van der Waals surface area contributed by atoms with Gasteiger partial charge in [-0.3, -0.25) is 4.79 Å². The molecule has 1 aliphatic carbocycles. The van der Waals surface area contributed by atoms with Crippen LogP contribution in [0.4, 0.5) is 0 Å². The van der Waals surface area contributed by atoms with Crippen molar-refractivity contribution < 1.29 is 9.53 Å². The Bertz CT molecular complexity index is 421. The molecule has 19 heavy (non-hydrogen) atoms. The molecule has 1 aromatic rings. The van der Waals surface area contributed by atoms with E-state index in [2.05, 4.69) is 5.32 Å². The van der Waals surface area contributed by atoms with Gasteiger partial charge in [0, 0.05) is 6.54 Å². The zero-order chi connectivity index (χ0) is 11.7. The highest BCUT2D eigenvalue weighted by Gasteiger charge is 2.50. The fraction of sp³-hybridized carbons (Fsp3) is 0.500. The van der Waals surface area contributed by atoms with Gasteiger partial charge in [0.15, 0.2) is 0 Å². The summed E-state index contributed by atoms with van der Waals surface area (Å²) in [6.07, 6.45) is 3.49. The van der Waals surface area contributed by atoms with E-state index in [9.17, 15) is 4.79 Å². The van der Waals surface area contributed by atoms with Crippen LogP contribution in [0, 0.1) is 5.41 Å². The Hall–Kier alpha value is -0.770. The number of carbonyl (C=O) groups is 1. The summed E-state index contributed by atoms with van der Waals surface area (Å²) >= 11 is 0. The molecule has 2 aliphatic rings. The van der Waals surface area contributed by atoms with Crippen molar-refractivity contribution in [2.45, 2.75) is 31.9 Å². The predicted octanol–water partition coefficient (Wildman–Crippen LogP) is 2.72. The molecule has 1 saturated heterocycles. The zero-order valence-electron chi connectivity index (χ0n) is 10.6. The van der Waals surface area contributed by atoms with Crippen LogP contribution < -0.4 is 5.32 Å². The lowest BCUT2D eigenvalue weighted by atomic mass is 10.0. The zero-order valence-corrected chi connectivity index (χ0v) is 12.3. The molecule has 1 spiro atoms. The van der Waals surface area contributed by atoms with Crippen molar-refractivity contribution in [2.75, 3.05) is 6.54 Å². The van der Waals surface area contributed by atoms with Crippen molar-refractivity contribution in [3.8, 4) is 0 Å². The molecule has 1 aromatic carbocycles. The Morgan fingerprint density at radius 1 is 1.26 bits per heavy atom. The lowest BCUT2D eigenvalue weighted by Gasteiger charge is -2.10. The van der Waals surface area contributed by atoms with E-state index in [1.54, 1.807) is 0 Å². The van der Waals surface area contributed by atoms with E-state index in [0.717, 1.165) is 18.5 Å². The molecule has 1 saturated carbocycles. The molecule has 1 aliphatic heterocycles. The van der Waals surface area contributed by atoms with E-state index in [4.69, 9.17) is 4.74 Å². The van der Waals surface area contributed by atoms with Crippen LogP contribution in [-0.2, 0) is 16.1 Å². The van der Waals surface area contributed by atoms with Crippen molar-refractivity contribution >= 4 is 30.8 Å². The quantitative estimate of drug-likeness (QED) is 0.873. The molecule has 1 atom stereocenters. The van der Waals surface area contributed by atoms with Gasteiger partial charge < -0.3 is 10.1 Å². The Morgan fingerprint density at radius 2 is 1.95 bits per heavy atom. The van der Waals surface area contributed by atoms with Crippen LogP contribution in [0.1, 0.15) is 24.8 Å². The van der Waals surface area contributed by atoms with Gasteiger partial charge in [-0.25, -0.2) is 0 Å². The van der Waals surface area contributed by atoms with Gasteiger partial charge in [-0.15, -0.1) is 24.8 Å². The summed E-state index contributed by atoms with van der Waals surface area (Å²) in [5.74, 6) is -0.0994. The number of carbonyl (C=O) groups excluding carboxylic acids is 1. The summed E-state index contributed by atoms with van der Waals surface area (Å²) in [5.41, 5.74) is 1.48. The summed E-state index contributed by atoms with van der Waals surface area (Å²) in [6.45, 7) is 1.36. The number of halogens is 2. The minimum Gasteiger partial charge on any atom is -0.460 e. The first-order valence-electron chi connectivity index (χ1n) is 6.21. The molecule has 3 rings (SSSR count). The average Bonchev–Trinajstić information content (AvgIpc) is 2.98. The van der Waals surface area contributed by atoms with Crippen LogP contribution in [0.15, 0.2) is 30.3 Å². The molecule has 0 unspecified atom stereocenters. The van der Waals surface area contributed by atoms with Crippen molar-refractivity contribution in [1.29, 1.82) is 0 Å².